The van der Waals surface area contributed by atoms with E-state index >= 15 is 0 Å². The van der Waals surface area contributed by atoms with E-state index < -0.39 is 5.56 Å². The molecule has 4 rings (SSSR count). The third-order valence-corrected chi connectivity index (χ3v) is 3.95. The molecule has 124 valence electrons. The zero-order valence-electron chi connectivity index (χ0n) is 13.7. The molecule has 2 aromatic heterocycles. The summed E-state index contributed by atoms with van der Waals surface area (Å²) in [5.41, 5.74) is 2.44. The summed E-state index contributed by atoms with van der Waals surface area (Å²) in [4.78, 5) is 16.4. The molecule has 0 atom stereocenters. The summed E-state index contributed by atoms with van der Waals surface area (Å²) in [5.74, 6) is 1.46. The van der Waals surface area contributed by atoms with Gasteiger partial charge in [-0.25, -0.2) is 5.10 Å². The molecule has 0 radical (unpaired) electrons. The van der Waals surface area contributed by atoms with E-state index in [-0.39, 0.29) is 11.5 Å². The van der Waals surface area contributed by atoms with Crippen molar-refractivity contribution >= 4 is 5.78 Å². The van der Waals surface area contributed by atoms with E-state index in [0.717, 1.165) is 11.1 Å². The quantitative estimate of drug-likeness (QED) is 0.622. The van der Waals surface area contributed by atoms with Crippen LogP contribution >= 0.6 is 0 Å². The number of aromatic amines is 1. The van der Waals surface area contributed by atoms with Crippen molar-refractivity contribution in [2.75, 3.05) is 7.11 Å². The fraction of sp³-hybridized carbons (Fsp3) is 0.111. The first-order valence-electron chi connectivity index (χ1n) is 7.73. The van der Waals surface area contributed by atoms with E-state index in [2.05, 4.69) is 20.3 Å². The predicted molar refractivity (Wildman–Crippen MR) is 93.6 cm³/mol. The maximum Gasteiger partial charge on any atom is 0.301 e. The highest BCUT2D eigenvalue weighted by atomic mass is 16.5. The van der Waals surface area contributed by atoms with Crippen LogP contribution in [0.3, 0.4) is 0 Å². The Morgan fingerprint density at radius 3 is 2.60 bits per heavy atom. The Bertz CT molecular complexity index is 1110. The van der Waals surface area contributed by atoms with Crippen molar-refractivity contribution in [2.24, 2.45) is 0 Å². The Kier molecular flexibility index (Phi) is 3.53. The third kappa shape index (κ3) is 2.55. The van der Waals surface area contributed by atoms with Crippen molar-refractivity contribution < 1.29 is 4.74 Å². The van der Waals surface area contributed by atoms with Gasteiger partial charge in [-0.15, -0.1) is 0 Å². The lowest BCUT2D eigenvalue weighted by atomic mass is 10.1. The van der Waals surface area contributed by atoms with Gasteiger partial charge in [-0.3, -0.25) is 4.79 Å². The van der Waals surface area contributed by atoms with Gasteiger partial charge in [-0.1, -0.05) is 42.0 Å². The van der Waals surface area contributed by atoms with Crippen molar-refractivity contribution in [3.05, 3.63) is 64.4 Å². The summed E-state index contributed by atoms with van der Waals surface area (Å²) in [6, 6.07) is 15.1. The summed E-state index contributed by atoms with van der Waals surface area (Å²) in [6.07, 6.45) is 0. The van der Waals surface area contributed by atoms with Gasteiger partial charge in [0.15, 0.2) is 11.5 Å². The van der Waals surface area contributed by atoms with Gasteiger partial charge in [0.25, 0.3) is 0 Å². The lowest BCUT2D eigenvalue weighted by molar-refractivity contribution is 0.416. The van der Waals surface area contributed by atoms with E-state index in [9.17, 15) is 4.79 Å². The van der Waals surface area contributed by atoms with Crippen LogP contribution < -0.4 is 10.3 Å². The van der Waals surface area contributed by atoms with Crippen molar-refractivity contribution in [3.63, 3.8) is 0 Å². The minimum absolute atomic E-state index is 0.273. The van der Waals surface area contributed by atoms with Crippen LogP contribution in [0.4, 0.5) is 0 Å². The second-order valence-electron chi connectivity index (χ2n) is 5.61. The normalized spacial score (nSPS) is 11.0. The van der Waals surface area contributed by atoms with Gasteiger partial charge in [0, 0.05) is 5.56 Å². The fourth-order valence-electron chi connectivity index (χ4n) is 2.65. The highest BCUT2D eigenvalue weighted by Crippen LogP contribution is 2.27. The molecule has 2 heterocycles. The summed E-state index contributed by atoms with van der Waals surface area (Å²) in [7, 11) is 1.59. The molecule has 0 amide bonds. The van der Waals surface area contributed by atoms with Gasteiger partial charge in [0.1, 0.15) is 5.75 Å². The minimum Gasteiger partial charge on any atom is -0.496 e. The molecule has 7 heteroatoms. The SMILES string of the molecule is COc1ccccc1-c1n[nH]c2nc(=O)c(-c3ccc(C)cc3)nn12. The third-order valence-electron chi connectivity index (χ3n) is 3.95. The van der Waals surface area contributed by atoms with Gasteiger partial charge in [0.05, 0.1) is 12.7 Å². The molecule has 1 N–H and O–H groups in total. The van der Waals surface area contributed by atoms with Crippen LogP contribution in [0.25, 0.3) is 28.4 Å². The molecule has 4 aromatic rings. The highest BCUT2D eigenvalue weighted by molar-refractivity contribution is 5.66. The standard InChI is InChI=1S/C18H15N5O2/c1-11-7-9-12(10-8-11)15-17(24)19-18-21-20-16(23(18)22-15)13-5-3-4-6-14(13)25-2/h3-10H,1-2H3,(H,19,21,24). The average molecular weight is 333 g/mol. The first-order chi connectivity index (χ1) is 12.2. The molecule has 0 spiro atoms. The van der Waals surface area contributed by atoms with Gasteiger partial charge in [-0.2, -0.15) is 19.7 Å². The van der Waals surface area contributed by atoms with Crippen LogP contribution in [-0.4, -0.2) is 31.9 Å². The van der Waals surface area contributed by atoms with Crippen molar-refractivity contribution in [3.8, 4) is 28.4 Å². The Morgan fingerprint density at radius 1 is 1.08 bits per heavy atom. The maximum absolute atomic E-state index is 12.3. The molecule has 2 aromatic carbocycles. The number of rotatable bonds is 3. The molecule has 0 fully saturated rings. The molecule has 0 aliphatic carbocycles. The number of hydrogen-bond donors (Lipinski definition) is 1. The molecule has 7 nitrogen and oxygen atoms in total. The summed E-state index contributed by atoms with van der Waals surface area (Å²) < 4.78 is 6.91. The molecule has 0 aliphatic heterocycles. The summed E-state index contributed by atoms with van der Waals surface area (Å²) >= 11 is 0. The molecule has 0 saturated carbocycles. The van der Waals surface area contributed by atoms with E-state index in [4.69, 9.17) is 4.74 Å². The Hall–Kier alpha value is -3.48. The number of methoxy groups -OCH3 is 1. The topological polar surface area (TPSA) is 85.2 Å². The molecule has 0 unspecified atom stereocenters. The van der Waals surface area contributed by atoms with Gasteiger partial charge < -0.3 is 4.74 Å². The Labute approximate surface area is 142 Å². The van der Waals surface area contributed by atoms with Crippen molar-refractivity contribution in [1.82, 2.24) is 24.8 Å². The fourth-order valence-corrected chi connectivity index (χ4v) is 2.65. The van der Waals surface area contributed by atoms with Gasteiger partial charge >= 0.3 is 5.56 Å². The van der Waals surface area contributed by atoms with Gasteiger partial charge in [0.2, 0.25) is 5.78 Å². The predicted octanol–water partition coefficient (Wildman–Crippen LogP) is 2.46. The van der Waals surface area contributed by atoms with E-state index in [1.807, 2.05) is 55.5 Å². The number of hydrogen-bond acceptors (Lipinski definition) is 5. The van der Waals surface area contributed by atoms with Crippen molar-refractivity contribution in [2.45, 2.75) is 6.92 Å². The first kappa shape index (κ1) is 15.1. The molecule has 25 heavy (non-hydrogen) atoms. The van der Waals surface area contributed by atoms with E-state index in [0.29, 0.717) is 17.1 Å². The van der Waals surface area contributed by atoms with Crippen LogP contribution in [0.1, 0.15) is 5.56 Å². The largest absolute Gasteiger partial charge is 0.496 e. The highest BCUT2D eigenvalue weighted by Gasteiger charge is 2.16. The number of ether oxygens (including phenoxy) is 1. The zero-order chi connectivity index (χ0) is 17.4. The monoisotopic (exact) mass is 333 g/mol. The number of aryl methyl sites for hydroxylation is 1. The summed E-state index contributed by atoms with van der Waals surface area (Å²) in [6.45, 7) is 1.99. The molecule has 0 saturated heterocycles. The van der Waals surface area contributed by atoms with Crippen LogP contribution in [-0.2, 0) is 0 Å². The van der Waals surface area contributed by atoms with Crippen LogP contribution in [0.2, 0.25) is 0 Å². The second kappa shape index (κ2) is 5.86. The average Bonchev–Trinajstić information content (AvgIpc) is 3.04. The number of H-pyrrole nitrogens is 1. The number of benzene rings is 2. The molecule has 0 aliphatic rings. The number of fused-ring (bicyclic) bond motifs is 1. The number of nitrogens with one attached hydrogen (secondary N) is 1. The Balaban J connectivity index is 1.95. The molecular weight excluding hydrogens is 318 g/mol. The van der Waals surface area contributed by atoms with Crippen LogP contribution in [0.15, 0.2) is 53.3 Å². The molecule has 0 bridgehead atoms. The number of para-hydroxylation sites is 1. The summed E-state index contributed by atoms with van der Waals surface area (Å²) in [5, 5.41) is 11.5. The minimum atomic E-state index is -0.404. The van der Waals surface area contributed by atoms with Crippen molar-refractivity contribution in [1.29, 1.82) is 0 Å². The van der Waals surface area contributed by atoms with Crippen LogP contribution in [0, 0.1) is 6.92 Å². The van der Waals surface area contributed by atoms with Gasteiger partial charge in [-0.05, 0) is 19.1 Å². The van der Waals surface area contributed by atoms with Crippen LogP contribution in [0.5, 0.6) is 5.75 Å². The molecular formula is C18H15N5O2. The smallest absolute Gasteiger partial charge is 0.301 e. The lowest BCUT2D eigenvalue weighted by Gasteiger charge is -2.06. The maximum atomic E-state index is 12.3. The zero-order valence-corrected chi connectivity index (χ0v) is 13.7. The number of nitrogens with zero attached hydrogens (tertiary/aromatic N) is 4. The Morgan fingerprint density at radius 2 is 1.84 bits per heavy atom. The second-order valence-corrected chi connectivity index (χ2v) is 5.61. The first-order valence-corrected chi connectivity index (χ1v) is 7.73. The lowest BCUT2D eigenvalue weighted by Crippen LogP contribution is -2.15. The van der Waals surface area contributed by atoms with E-state index in [1.54, 1.807) is 7.11 Å². The number of aromatic nitrogens is 5. The van der Waals surface area contributed by atoms with E-state index in [1.165, 1.54) is 4.52 Å².